The number of pyridine rings is 2. The van der Waals surface area contributed by atoms with Gasteiger partial charge in [0, 0.05) is 30.4 Å². The smallest absolute Gasteiger partial charge is 0.287 e. The normalized spacial score (nSPS) is 11.8. The quantitative estimate of drug-likeness (QED) is 0.407. The Labute approximate surface area is 205 Å². The number of thioether (sulfide) groups is 1. The molecule has 12 heteroatoms. The number of carbonyl (C=O) groups is 1. The zero-order valence-corrected chi connectivity index (χ0v) is 21.1. The number of hydrogen-bond acceptors (Lipinski definition) is 7. The number of imidazole rings is 1. The van der Waals surface area contributed by atoms with Crippen molar-refractivity contribution < 1.29 is 23.0 Å². The molecule has 0 aromatic carbocycles. The second-order valence-corrected chi connectivity index (χ2v) is 9.71. The molecular weight excluding hydrogens is 488 g/mol. The van der Waals surface area contributed by atoms with Crippen LogP contribution < -0.4 is 14.8 Å². The van der Waals surface area contributed by atoms with Crippen molar-refractivity contribution in [2.24, 2.45) is 7.05 Å². The fraction of sp³-hybridized carbons (Fsp3) is 0.455. The number of ether oxygens (including phenoxy) is 2. The number of carbonyl (C=O) groups excluding carboxylic acids is 1. The lowest BCUT2D eigenvalue weighted by atomic mass is 10.0. The van der Waals surface area contributed by atoms with Gasteiger partial charge in [0.05, 0.1) is 5.02 Å². The van der Waals surface area contributed by atoms with Crippen molar-refractivity contribution in [2.75, 3.05) is 18.6 Å². The summed E-state index contributed by atoms with van der Waals surface area (Å²) in [5.41, 5.74) is 1.13. The molecule has 8 nitrogen and oxygen atoms in total. The van der Waals surface area contributed by atoms with E-state index in [1.165, 1.54) is 12.3 Å². The number of amides is 1. The Bertz CT molecular complexity index is 1190. The molecule has 0 spiro atoms. The molecule has 0 radical (unpaired) electrons. The van der Waals surface area contributed by atoms with Crippen molar-refractivity contribution in [2.45, 2.75) is 39.2 Å². The Kier molecular flexibility index (Phi) is 8.19. The van der Waals surface area contributed by atoms with E-state index in [9.17, 15) is 13.6 Å². The average Bonchev–Trinajstić information content (AvgIpc) is 3.07. The van der Waals surface area contributed by atoms with Crippen molar-refractivity contribution >= 4 is 40.4 Å². The van der Waals surface area contributed by atoms with Gasteiger partial charge in [-0.15, -0.1) is 0 Å². The van der Waals surface area contributed by atoms with Crippen LogP contribution >= 0.6 is 23.4 Å². The Morgan fingerprint density at radius 3 is 2.71 bits per heavy atom. The highest BCUT2D eigenvalue weighted by molar-refractivity contribution is 7.98. The fourth-order valence-corrected chi connectivity index (χ4v) is 3.98. The van der Waals surface area contributed by atoms with Gasteiger partial charge in [-0.25, -0.2) is 18.7 Å². The molecule has 0 saturated carbocycles. The van der Waals surface area contributed by atoms with Crippen LogP contribution in [0, 0.1) is 6.92 Å². The summed E-state index contributed by atoms with van der Waals surface area (Å²) in [5, 5.41) is 3.23. The van der Waals surface area contributed by atoms with E-state index in [2.05, 4.69) is 20.3 Å². The first kappa shape index (κ1) is 26.0. The van der Waals surface area contributed by atoms with Gasteiger partial charge in [-0.1, -0.05) is 11.6 Å². The van der Waals surface area contributed by atoms with Crippen LogP contribution in [0.3, 0.4) is 0 Å². The zero-order chi connectivity index (χ0) is 25.0. The number of nitrogens with zero attached hydrogens (tertiary/aromatic N) is 4. The van der Waals surface area contributed by atoms with Gasteiger partial charge in [-0.05, 0) is 45.3 Å². The van der Waals surface area contributed by atoms with Crippen LogP contribution in [0.4, 0.5) is 8.78 Å². The van der Waals surface area contributed by atoms with E-state index in [-0.39, 0.29) is 34.3 Å². The van der Waals surface area contributed by atoms with Crippen LogP contribution in [-0.2, 0) is 7.05 Å². The van der Waals surface area contributed by atoms with Crippen molar-refractivity contribution in [3.63, 3.8) is 0 Å². The van der Waals surface area contributed by atoms with Crippen LogP contribution in [0.25, 0.3) is 11.2 Å². The molecule has 0 bridgehead atoms. The van der Waals surface area contributed by atoms with Crippen LogP contribution in [0.1, 0.15) is 36.5 Å². The van der Waals surface area contributed by atoms with E-state index in [1.54, 1.807) is 36.4 Å². The molecule has 0 fully saturated rings. The highest BCUT2D eigenvalue weighted by Gasteiger charge is 2.25. The first-order valence-corrected chi connectivity index (χ1v) is 12.2. The predicted octanol–water partition coefficient (Wildman–Crippen LogP) is 5.02. The first-order valence-electron chi connectivity index (χ1n) is 10.4. The number of halogens is 3. The molecule has 0 unspecified atom stereocenters. The summed E-state index contributed by atoms with van der Waals surface area (Å²) in [6.45, 7) is 4.84. The van der Waals surface area contributed by atoms with E-state index in [0.29, 0.717) is 16.7 Å². The molecule has 1 amide bonds. The number of nitrogens with one attached hydrogen (secondary N) is 1. The van der Waals surface area contributed by atoms with Crippen molar-refractivity contribution in [1.29, 1.82) is 0 Å². The van der Waals surface area contributed by atoms with E-state index in [1.807, 2.05) is 20.1 Å². The Morgan fingerprint density at radius 1 is 1.29 bits per heavy atom. The van der Waals surface area contributed by atoms with E-state index in [0.717, 1.165) is 12.2 Å². The van der Waals surface area contributed by atoms with Crippen LogP contribution in [-0.4, -0.2) is 56.0 Å². The highest BCUT2D eigenvalue weighted by atomic mass is 35.5. The number of hydrogen-bond donors (Lipinski definition) is 1. The summed E-state index contributed by atoms with van der Waals surface area (Å²) < 4.78 is 37.7. The van der Waals surface area contributed by atoms with Gasteiger partial charge in [-0.3, -0.25) is 4.79 Å². The van der Waals surface area contributed by atoms with Crippen molar-refractivity contribution in [1.82, 2.24) is 24.8 Å². The summed E-state index contributed by atoms with van der Waals surface area (Å²) in [6.07, 6.45) is 1.46. The number of aryl methyl sites for hydroxylation is 2. The maximum atomic E-state index is 12.9. The summed E-state index contributed by atoms with van der Waals surface area (Å²) in [5.74, 6) is 0.886. The average molecular weight is 514 g/mol. The van der Waals surface area contributed by atoms with Gasteiger partial charge in [-0.2, -0.15) is 16.7 Å². The molecule has 0 aliphatic carbocycles. The lowest BCUT2D eigenvalue weighted by Gasteiger charge is -2.25. The largest absolute Gasteiger partial charge is 0.482 e. The zero-order valence-electron chi connectivity index (χ0n) is 19.5. The molecular formula is C22H26ClF2N5O3S. The third kappa shape index (κ3) is 6.26. The molecule has 0 saturated heterocycles. The molecule has 184 valence electrons. The molecule has 3 aromatic rings. The van der Waals surface area contributed by atoms with E-state index < -0.39 is 18.6 Å². The Balaban J connectivity index is 1.90. The lowest BCUT2D eigenvalue weighted by Crippen LogP contribution is -2.44. The third-order valence-electron chi connectivity index (χ3n) is 4.92. The SMILES string of the molecule is CSCCC(C)(C)NC(=O)c1nc2cc(C)c(Oc3ncc(Cl)cc3OCC(F)F)nc2n1C. The van der Waals surface area contributed by atoms with E-state index >= 15 is 0 Å². The van der Waals surface area contributed by atoms with E-state index in [4.69, 9.17) is 21.1 Å². The second kappa shape index (κ2) is 10.7. The van der Waals surface area contributed by atoms with Crippen LogP contribution in [0.15, 0.2) is 18.3 Å². The van der Waals surface area contributed by atoms with Crippen LogP contribution in [0.5, 0.6) is 17.5 Å². The maximum absolute atomic E-state index is 12.9. The summed E-state index contributed by atoms with van der Waals surface area (Å²) in [7, 11) is 1.68. The third-order valence-corrected chi connectivity index (χ3v) is 5.74. The van der Waals surface area contributed by atoms with Gasteiger partial charge in [0.2, 0.25) is 11.7 Å². The Morgan fingerprint density at radius 2 is 2.03 bits per heavy atom. The minimum atomic E-state index is -2.67. The molecule has 0 aliphatic rings. The molecule has 3 rings (SSSR count). The Hall–Kier alpha value is -2.66. The monoisotopic (exact) mass is 513 g/mol. The molecule has 1 N–H and O–H groups in total. The second-order valence-electron chi connectivity index (χ2n) is 8.29. The maximum Gasteiger partial charge on any atom is 0.287 e. The number of aromatic nitrogens is 4. The molecule has 3 heterocycles. The standard InChI is InChI=1S/C22H26ClF2N5O3S/c1-12-8-14-17(30(4)18(27-14)19(31)29-22(2,3)6-7-34-5)28-20(12)33-21-15(32-11-16(24)25)9-13(23)10-26-21/h8-10,16H,6-7,11H2,1-5H3,(H,29,31). The van der Waals surface area contributed by atoms with Crippen LogP contribution in [0.2, 0.25) is 5.02 Å². The number of alkyl halides is 2. The first-order chi connectivity index (χ1) is 16.0. The van der Waals surface area contributed by atoms with Gasteiger partial charge < -0.3 is 19.4 Å². The highest BCUT2D eigenvalue weighted by Crippen LogP contribution is 2.33. The molecule has 3 aromatic heterocycles. The van der Waals surface area contributed by atoms with Crippen molar-refractivity contribution in [3.8, 4) is 17.5 Å². The van der Waals surface area contributed by atoms with Gasteiger partial charge >= 0.3 is 0 Å². The predicted molar refractivity (Wildman–Crippen MR) is 129 cm³/mol. The summed E-state index contributed by atoms with van der Waals surface area (Å²) >= 11 is 7.63. The lowest BCUT2D eigenvalue weighted by molar-refractivity contribution is 0.0803. The summed E-state index contributed by atoms with van der Waals surface area (Å²) in [6, 6.07) is 3.06. The van der Waals surface area contributed by atoms with Crippen molar-refractivity contribution in [3.05, 3.63) is 34.7 Å². The molecule has 0 aliphatic heterocycles. The minimum Gasteiger partial charge on any atom is -0.482 e. The van der Waals surface area contributed by atoms with Gasteiger partial charge in [0.15, 0.2) is 11.4 Å². The van der Waals surface area contributed by atoms with Gasteiger partial charge in [0.1, 0.15) is 12.1 Å². The number of fused-ring (bicyclic) bond motifs is 1. The fourth-order valence-electron chi connectivity index (χ4n) is 3.11. The molecule has 0 atom stereocenters. The molecule has 34 heavy (non-hydrogen) atoms. The minimum absolute atomic E-state index is 0.0355. The number of rotatable bonds is 10. The summed E-state index contributed by atoms with van der Waals surface area (Å²) in [4.78, 5) is 25.9. The van der Waals surface area contributed by atoms with Gasteiger partial charge in [0.25, 0.3) is 18.2 Å². The topological polar surface area (TPSA) is 91.2 Å².